The average molecular weight is 324 g/mol. The third-order valence-corrected chi connectivity index (χ3v) is 3.50. The number of nitrogens with one attached hydrogen (secondary N) is 1. The summed E-state index contributed by atoms with van der Waals surface area (Å²) in [7, 11) is 0. The fraction of sp³-hybridized carbons (Fsp3) is 0.353. The minimum Gasteiger partial charge on any atom is -0.393 e. The molecule has 2 aromatic rings. The highest BCUT2D eigenvalue weighted by molar-refractivity contribution is 5.34. The van der Waals surface area contributed by atoms with Crippen LogP contribution in [0.25, 0.3) is 0 Å². The first-order chi connectivity index (χ1) is 10.9. The van der Waals surface area contributed by atoms with Gasteiger partial charge in [-0.15, -0.1) is 0 Å². The van der Waals surface area contributed by atoms with Crippen LogP contribution in [-0.2, 0) is 6.18 Å². The van der Waals surface area contributed by atoms with Gasteiger partial charge < -0.3 is 10.4 Å². The molecule has 0 saturated heterocycles. The lowest BCUT2D eigenvalue weighted by atomic mass is 9.97. The molecule has 0 radical (unpaired) electrons. The molecule has 0 aliphatic rings. The molecule has 0 amide bonds. The van der Waals surface area contributed by atoms with Crippen LogP contribution in [0.1, 0.15) is 36.1 Å². The Morgan fingerprint density at radius 2 is 1.83 bits per heavy atom. The molecule has 2 N–H and O–H groups in total. The van der Waals surface area contributed by atoms with Gasteiger partial charge in [0.25, 0.3) is 0 Å². The van der Waals surface area contributed by atoms with Gasteiger partial charge in [-0.05, 0) is 55.3 Å². The lowest BCUT2D eigenvalue weighted by Crippen LogP contribution is -2.26. The largest absolute Gasteiger partial charge is 0.416 e. The highest BCUT2D eigenvalue weighted by Crippen LogP contribution is 2.32. The van der Waals surface area contributed by atoms with Crippen LogP contribution in [0.5, 0.6) is 0 Å². The van der Waals surface area contributed by atoms with E-state index in [0.29, 0.717) is 18.5 Å². The summed E-state index contributed by atoms with van der Waals surface area (Å²) in [5.41, 5.74) is 0.674. The average Bonchev–Trinajstić information content (AvgIpc) is 2.51. The van der Waals surface area contributed by atoms with Gasteiger partial charge in [0, 0.05) is 12.4 Å². The van der Waals surface area contributed by atoms with Crippen molar-refractivity contribution in [3.63, 3.8) is 0 Å². The number of aliphatic hydroxyl groups excluding tert-OH is 1. The van der Waals surface area contributed by atoms with E-state index < -0.39 is 17.8 Å². The van der Waals surface area contributed by atoms with E-state index >= 15 is 0 Å². The van der Waals surface area contributed by atoms with Crippen LogP contribution in [0.3, 0.4) is 0 Å². The number of alkyl halides is 3. The number of aromatic nitrogens is 1. The zero-order chi connectivity index (χ0) is 16.9. The molecule has 0 saturated carbocycles. The topological polar surface area (TPSA) is 45.1 Å². The predicted octanol–water partition coefficient (Wildman–Crippen LogP) is 3.55. The molecule has 2 unspecified atom stereocenters. The number of hydrogen-bond acceptors (Lipinski definition) is 3. The number of hydrogen-bond donors (Lipinski definition) is 2. The summed E-state index contributed by atoms with van der Waals surface area (Å²) < 4.78 is 38.8. The fourth-order valence-corrected chi connectivity index (χ4v) is 2.32. The zero-order valence-corrected chi connectivity index (χ0v) is 12.7. The standard InChI is InChI=1S/C17H19F3N2O/c1-12(23)5-10-22-16(13-6-8-21-9-7-13)14-3-2-4-15(11-14)17(18,19)20/h2-4,6-9,11-12,16,22-23H,5,10H2,1H3. The van der Waals surface area contributed by atoms with Crippen molar-refractivity contribution in [1.29, 1.82) is 0 Å². The lowest BCUT2D eigenvalue weighted by molar-refractivity contribution is -0.137. The van der Waals surface area contributed by atoms with E-state index in [0.717, 1.165) is 17.7 Å². The van der Waals surface area contributed by atoms with Gasteiger partial charge in [0.2, 0.25) is 0 Å². The quantitative estimate of drug-likeness (QED) is 0.854. The summed E-state index contributed by atoms with van der Waals surface area (Å²) in [4.78, 5) is 3.94. The molecule has 0 aliphatic carbocycles. The number of halogens is 3. The van der Waals surface area contributed by atoms with Gasteiger partial charge in [-0.1, -0.05) is 12.1 Å². The van der Waals surface area contributed by atoms with Gasteiger partial charge in [0.05, 0.1) is 17.7 Å². The monoisotopic (exact) mass is 324 g/mol. The first-order valence-corrected chi connectivity index (χ1v) is 7.36. The molecule has 1 aromatic carbocycles. The van der Waals surface area contributed by atoms with Crippen LogP contribution < -0.4 is 5.32 Å². The van der Waals surface area contributed by atoms with Gasteiger partial charge in [-0.2, -0.15) is 13.2 Å². The molecule has 1 heterocycles. The number of aliphatic hydroxyl groups is 1. The first kappa shape index (κ1) is 17.4. The fourth-order valence-electron chi connectivity index (χ4n) is 2.32. The summed E-state index contributed by atoms with van der Waals surface area (Å²) in [5.74, 6) is 0. The molecule has 0 aliphatic heterocycles. The van der Waals surface area contributed by atoms with Crippen molar-refractivity contribution in [2.24, 2.45) is 0 Å². The molecule has 3 nitrogen and oxygen atoms in total. The number of pyridine rings is 1. The van der Waals surface area contributed by atoms with Crippen LogP contribution >= 0.6 is 0 Å². The van der Waals surface area contributed by atoms with Gasteiger partial charge in [0.1, 0.15) is 0 Å². The maximum atomic E-state index is 12.9. The summed E-state index contributed by atoms with van der Waals surface area (Å²) in [5, 5.41) is 12.6. The van der Waals surface area contributed by atoms with Gasteiger partial charge in [-0.3, -0.25) is 4.98 Å². The second-order valence-corrected chi connectivity index (χ2v) is 5.43. The summed E-state index contributed by atoms with van der Waals surface area (Å²) in [6.07, 6.45) is -1.13. The molecule has 1 aromatic heterocycles. The van der Waals surface area contributed by atoms with E-state index in [9.17, 15) is 18.3 Å². The van der Waals surface area contributed by atoms with Crippen molar-refractivity contribution in [2.45, 2.75) is 31.7 Å². The smallest absolute Gasteiger partial charge is 0.393 e. The van der Waals surface area contributed by atoms with Gasteiger partial charge >= 0.3 is 6.18 Å². The SMILES string of the molecule is CC(O)CCNC(c1ccncc1)c1cccc(C(F)(F)F)c1. The van der Waals surface area contributed by atoms with Crippen molar-refractivity contribution in [3.05, 3.63) is 65.5 Å². The molecule has 6 heteroatoms. The van der Waals surface area contributed by atoms with Crippen molar-refractivity contribution in [2.75, 3.05) is 6.54 Å². The third-order valence-electron chi connectivity index (χ3n) is 3.50. The Balaban J connectivity index is 2.30. The van der Waals surface area contributed by atoms with Crippen molar-refractivity contribution in [3.8, 4) is 0 Å². The molecule has 23 heavy (non-hydrogen) atoms. The Morgan fingerprint density at radius 1 is 1.13 bits per heavy atom. The van der Waals surface area contributed by atoms with Crippen LogP contribution in [0, 0.1) is 0 Å². The van der Waals surface area contributed by atoms with E-state index in [-0.39, 0.29) is 6.04 Å². The van der Waals surface area contributed by atoms with Crippen LogP contribution in [0.2, 0.25) is 0 Å². The second-order valence-electron chi connectivity index (χ2n) is 5.43. The van der Waals surface area contributed by atoms with Gasteiger partial charge in [0.15, 0.2) is 0 Å². The Hall–Kier alpha value is -1.92. The third kappa shape index (κ3) is 5.04. The highest BCUT2D eigenvalue weighted by atomic mass is 19.4. The van der Waals surface area contributed by atoms with E-state index in [1.807, 2.05) is 0 Å². The number of nitrogens with zero attached hydrogens (tertiary/aromatic N) is 1. The lowest BCUT2D eigenvalue weighted by Gasteiger charge is -2.21. The molecule has 0 spiro atoms. The zero-order valence-electron chi connectivity index (χ0n) is 12.7. The number of rotatable bonds is 6. The van der Waals surface area contributed by atoms with Crippen molar-refractivity contribution < 1.29 is 18.3 Å². The Labute approximate surface area is 133 Å². The molecule has 124 valence electrons. The van der Waals surface area contributed by atoms with Gasteiger partial charge in [-0.25, -0.2) is 0 Å². The summed E-state index contributed by atoms with van der Waals surface area (Å²) in [6.45, 7) is 2.16. The maximum absolute atomic E-state index is 12.9. The van der Waals surface area contributed by atoms with Crippen LogP contribution in [0.15, 0.2) is 48.8 Å². The molecule has 2 atom stereocenters. The molecular weight excluding hydrogens is 305 g/mol. The van der Waals surface area contributed by atoms with E-state index in [1.165, 1.54) is 6.07 Å². The highest BCUT2D eigenvalue weighted by Gasteiger charge is 2.31. The Morgan fingerprint density at radius 3 is 2.43 bits per heavy atom. The Bertz CT molecular complexity index is 615. The molecular formula is C17H19F3N2O. The minimum absolute atomic E-state index is 0.390. The molecule has 0 bridgehead atoms. The summed E-state index contributed by atoms with van der Waals surface area (Å²) >= 11 is 0. The number of benzene rings is 1. The van der Waals surface area contributed by atoms with Crippen molar-refractivity contribution >= 4 is 0 Å². The minimum atomic E-state index is -4.38. The molecule has 0 fully saturated rings. The van der Waals surface area contributed by atoms with E-state index in [4.69, 9.17) is 0 Å². The van der Waals surface area contributed by atoms with Crippen LogP contribution in [-0.4, -0.2) is 22.7 Å². The first-order valence-electron chi connectivity index (χ1n) is 7.36. The molecule has 2 rings (SSSR count). The van der Waals surface area contributed by atoms with Crippen molar-refractivity contribution in [1.82, 2.24) is 10.3 Å². The normalized spacial score (nSPS) is 14.5. The Kier molecular flexibility index (Phi) is 5.74. The maximum Gasteiger partial charge on any atom is 0.416 e. The van der Waals surface area contributed by atoms with E-state index in [1.54, 1.807) is 37.5 Å². The predicted molar refractivity (Wildman–Crippen MR) is 81.8 cm³/mol. The van der Waals surface area contributed by atoms with Crippen LogP contribution in [0.4, 0.5) is 13.2 Å². The van der Waals surface area contributed by atoms with E-state index in [2.05, 4.69) is 10.3 Å². The summed E-state index contributed by atoms with van der Waals surface area (Å²) in [6, 6.07) is 8.42. The second kappa shape index (κ2) is 7.57.